The Kier molecular flexibility index (Phi) is 11.8. The second-order valence-corrected chi connectivity index (χ2v) is 16.2. The molecule has 1 aliphatic heterocycles. The van der Waals surface area contributed by atoms with Crippen molar-refractivity contribution in [3.63, 3.8) is 0 Å². The highest BCUT2D eigenvalue weighted by Gasteiger charge is 2.32. The van der Waals surface area contributed by atoms with Crippen LogP contribution in [0.3, 0.4) is 0 Å². The number of piperazine rings is 1. The number of aromatic nitrogens is 3. The van der Waals surface area contributed by atoms with Crippen LogP contribution in [0.4, 0.5) is 0 Å². The number of fused-ring (bicyclic) bond motifs is 1. The highest BCUT2D eigenvalue weighted by atomic mass is 32.2. The number of amides is 1. The van der Waals surface area contributed by atoms with Crippen LogP contribution >= 0.6 is 0 Å². The third kappa shape index (κ3) is 8.84. The standard InChI is InChI=1S/C40H51N7O3S/c1-30(2)25-35(44(4)51(49,50)36-17-15-32(16-18-36)28-47-31(3)43-37-27-41-20-19-38(37)47)26-42-39(48)29-45-21-23-46(24-22-45)40(33-11-7-5-8-12-33)34-13-9-6-10-14-34/h5-13,15-20,27,30,34-35,40H,14,21-26,28-29H2,1-4H3,(H,42,48)/t34?,35-,40?/m0/s1. The lowest BCUT2D eigenvalue weighted by Gasteiger charge is -2.42. The molecule has 0 radical (unpaired) electrons. The molecule has 51 heavy (non-hydrogen) atoms. The number of allylic oxidation sites excluding steroid dienone is 3. The van der Waals surface area contributed by atoms with Gasteiger partial charge in [-0.15, -0.1) is 0 Å². The maximum absolute atomic E-state index is 13.8. The summed E-state index contributed by atoms with van der Waals surface area (Å²) in [6, 6.07) is 19.6. The zero-order chi connectivity index (χ0) is 36.0. The van der Waals surface area contributed by atoms with Crippen LogP contribution in [0.15, 0.2) is 102 Å². The second-order valence-electron chi connectivity index (χ2n) is 14.2. The first-order valence-electron chi connectivity index (χ1n) is 18.1. The average molecular weight is 710 g/mol. The van der Waals surface area contributed by atoms with E-state index in [1.807, 2.05) is 25.1 Å². The molecule has 1 fully saturated rings. The summed E-state index contributed by atoms with van der Waals surface area (Å²) in [7, 11) is -2.18. The maximum atomic E-state index is 13.8. The topological polar surface area (TPSA) is 104 Å². The molecule has 4 aromatic rings. The van der Waals surface area contributed by atoms with Crippen molar-refractivity contribution in [2.75, 3.05) is 46.3 Å². The Labute approximate surface area is 302 Å². The molecular weight excluding hydrogens is 659 g/mol. The van der Waals surface area contributed by atoms with E-state index in [1.165, 1.54) is 9.87 Å². The van der Waals surface area contributed by atoms with Gasteiger partial charge in [-0.25, -0.2) is 13.4 Å². The molecule has 3 heterocycles. The Hall–Kier alpha value is -4.16. The van der Waals surface area contributed by atoms with Crippen molar-refractivity contribution < 1.29 is 13.2 Å². The van der Waals surface area contributed by atoms with Gasteiger partial charge in [0.05, 0.1) is 23.2 Å². The van der Waals surface area contributed by atoms with E-state index in [4.69, 9.17) is 0 Å². The minimum absolute atomic E-state index is 0.0783. The number of nitrogens with zero attached hydrogens (tertiary/aromatic N) is 6. The van der Waals surface area contributed by atoms with Gasteiger partial charge < -0.3 is 9.88 Å². The number of pyridine rings is 1. The number of rotatable bonds is 14. The van der Waals surface area contributed by atoms with Crippen molar-refractivity contribution >= 4 is 27.0 Å². The summed E-state index contributed by atoms with van der Waals surface area (Å²) in [5, 5.41) is 3.07. The van der Waals surface area contributed by atoms with Gasteiger partial charge >= 0.3 is 0 Å². The molecular formula is C40H51N7O3S. The molecule has 270 valence electrons. The van der Waals surface area contributed by atoms with E-state index in [2.05, 4.69) is 98.1 Å². The number of aryl methyl sites for hydroxylation is 1. The molecule has 1 aliphatic carbocycles. The van der Waals surface area contributed by atoms with Crippen molar-refractivity contribution in [2.45, 2.75) is 57.1 Å². The van der Waals surface area contributed by atoms with Crippen LogP contribution in [0.2, 0.25) is 0 Å². The fourth-order valence-electron chi connectivity index (χ4n) is 7.42. The molecule has 6 rings (SSSR count). The zero-order valence-corrected chi connectivity index (χ0v) is 31.0. The van der Waals surface area contributed by atoms with Crippen molar-refractivity contribution in [3.8, 4) is 0 Å². The fraction of sp³-hybridized carbons (Fsp3) is 0.425. The van der Waals surface area contributed by atoms with Gasteiger partial charge in [0.2, 0.25) is 15.9 Å². The van der Waals surface area contributed by atoms with Gasteiger partial charge in [-0.1, -0.05) is 80.6 Å². The van der Waals surface area contributed by atoms with Gasteiger partial charge in [0.25, 0.3) is 0 Å². The summed E-state index contributed by atoms with van der Waals surface area (Å²) < 4.78 is 31.2. The minimum Gasteiger partial charge on any atom is -0.353 e. The SMILES string of the molecule is Cc1nc2cnccc2n1Cc1ccc(S(=O)(=O)N(C)[C@H](CNC(=O)CN2CCN(C(c3ccccc3)C3C=CC=CC3)CC2)CC(C)C)cc1. The van der Waals surface area contributed by atoms with Crippen molar-refractivity contribution in [2.24, 2.45) is 11.8 Å². The van der Waals surface area contributed by atoms with Crippen LogP contribution in [0.5, 0.6) is 0 Å². The van der Waals surface area contributed by atoms with Crippen molar-refractivity contribution in [1.82, 2.24) is 34.0 Å². The molecule has 1 amide bonds. The molecule has 2 aromatic heterocycles. The molecule has 1 saturated heterocycles. The summed E-state index contributed by atoms with van der Waals surface area (Å²) >= 11 is 0. The van der Waals surface area contributed by atoms with Gasteiger partial charge in [0, 0.05) is 70.5 Å². The average Bonchev–Trinajstić information content (AvgIpc) is 3.45. The molecule has 10 nitrogen and oxygen atoms in total. The number of hydrogen-bond donors (Lipinski definition) is 1. The van der Waals surface area contributed by atoms with E-state index >= 15 is 0 Å². The number of benzene rings is 2. The Morgan fingerprint density at radius 3 is 2.43 bits per heavy atom. The lowest BCUT2D eigenvalue weighted by molar-refractivity contribution is -0.123. The van der Waals surface area contributed by atoms with Gasteiger partial charge in [-0.05, 0) is 55.0 Å². The molecule has 2 aliphatic rings. The van der Waals surface area contributed by atoms with E-state index in [-0.39, 0.29) is 29.3 Å². The Bertz CT molecular complexity index is 1930. The highest BCUT2D eigenvalue weighted by molar-refractivity contribution is 7.89. The van der Waals surface area contributed by atoms with E-state index in [9.17, 15) is 13.2 Å². The first-order valence-corrected chi connectivity index (χ1v) is 19.5. The van der Waals surface area contributed by atoms with Crippen LogP contribution in [0.25, 0.3) is 11.0 Å². The Morgan fingerprint density at radius 2 is 1.75 bits per heavy atom. The van der Waals surface area contributed by atoms with E-state index in [1.54, 1.807) is 31.6 Å². The number of imidazole rings is 1. The molecule has 1 N–H and O–H groups in total. The lowest BCUT2D eigenvalue weighted by Crippen LogP contribution is -2.52. The molecule has 3 atom stereocenters. The first kappa shape index (κ1) is 36.6. The van der Waals surface area contributed by atoms with Crippen molar-refractivity contribution in [1.29, 1.82) is 0 Å². The Balaban J connectivity index is 1.04. The predicted molar refractivity (Wildman–Crippen MR) is 203 cm³/mol. The quantitative estimate of drug-likeness (QED) is 0.186. The second kappa shape index (κ2) is 16.5. The van der Waals surface area contributed by atoms with Gasteiger partial charge in [0.15, 0.2) is 0 Å². The van der Waals surface area contributed by atoms with E-state index in [0.717, 1.165) is 55.0 Å². The number of hydrogen-bond acceptors (Lipinski definition) is 7. The fourth-order valence-corrected chi connectivity index (χ4v) is 8.79. The third-order valence-corrected chi connectivity index (χ3v) is 12.1. The van der Waals surface area contributed by atoms with E-state index < -0.39 is 10.0 Å². The molecule has 0 spiro atoms. The smallest absolute Gasteiger partial charge is 0.243 e. The zero-order valence-electron chi connectivity index (χ0n) is 30.2. The van der Waals surface area contributed by atoms with Crippen LogP contribution in [0.1, 0.15) is 49.7 Å². The summed E-state index contributed by atoms with van der Waals surface area (Å²) in [6.45, 7) is 10.6. The number of carbonyl (C=O) groups is 1. The summed E-state index contributed by atoms with van der Waals surface area (Å²) in [6.07, 6.45) is 14.0. The minimum atomic E-state index is -3.80. The van der Waals surface area contributed by atoms with Gasteiger partial charge in [-0.3, -0.25) is 19.6 Å². The molecule has 2 unspecified atom stereocenters. The normalized spacial score (nSPS) is 18.4. The Morgan fingerprint density at radius 1 is 1.00 bits per heavy atom. The summed E-state index contributed by atoms with van der Waals surface area (Å²) in [5.74, 6) is 1.46. The monoisotopic (exact) mass is 709 g/mol. The lowest BCUT2D eigenvalue weighted by atomic mass is 9.86. The molecule has 0 bridgehead atoms. The van der Waals surface area contributed by atoms with Crippen LogP contribution in [-0.2, 0) is 21.4 Å². The predicted octanol–water partition coefficient (Wildman–Crippen LogP) is 5.43. The molecule has 11 heteroatoms. The van der Waals surface area contributed by atoms with Gasteiger partial charge in [-0.2, -0.15) is 4.31 Å². The van der Waals surface area contributed by atoms with Crippen LogP contribution < -0.4 is 5.32 Å². The largest absolute Gasteiger partial charge is 0.353 e. The maximum Gasteiger partial charge on any atom is 0.243 e. The van der Waals surface area contributed by atoms with E-state index in [0.29, 0.717) is 31.5 Å². The molecule has 2 aromatic carbocycles. The van der Waals surface area contributed by atoms with Crippen LogP contribution in [-0.4, -0.2) is 95.3 Å². The number of nitrogens with one attached hydrogen (secondary N) is 1. The van der Waals surface area contributed by atoms with Crippen LogP contribution in [0, 0.1) is 18.8 Å². The highest BCUT2D eigenvalue weighted by Crippen LogP contribution is 2.34. The van der Waals surface area contributed by atoms with Gasteiger partial charge in [0.1, 0.15) is 11.3 Å². The number of sulfonamides is 1. The number of likely N-dealkylation sites (N-methyl/N-ethyl adjacent to an activating group) is 1. The summed E-state index contributed by atoms with van der Waals surface area (Å²) in [5.41, 5.74) is 4.12. The molecule has 0 saturated carbocycles. The summed E-state index contributed by atoms with van der Waals surface area (Å²) in [4.78, 5) is 27.0. The number of carbonyl (C=O) groups excluding carboxylic acids is 1. The first-order chi connectivity index (χ1) is 24.6. The van der Waals surface area contributed by atoms with Crippen molar-refractivity contribution in [3.05, 3.63) is 114 Å². The third-order valence-electron chi connectivity index (χ3n) is 10.2.